The predicted molar refractivity (Wildman–Crippen MR) is 39.2 cm³/mol. The molecule has 0 saturated heterocycles. The van der Waals surface area contributed by atoms with Gasteiger partial charge in [-0.15, -0.1) is 0 Å². The standard InChI is InChI=1S/C6H4F3NO3S/c7-6(8)13-4-2-1-3-5(10-4)14(9,11)12/h1-3,6H. The first-order chi connectivity index (χ1) is 6.39. The van der Waals surface area contributed by atoms with Gasteiger partial charge >= 0.3 is 16.8 Å². The summed E-state index contributed by atoms with van der Waals surface area (Å²) in [5, 5.41) is -0.962. The summed E-state index contributed by atoms with van der Waals surface area (Å²) in [5.74, 6) is -0.654. The van der Waals surface area contributed by atoms with Crippen molar-refractivity contribution in [3.05, 3.63) is 18.2 Å². The Morgan fingerprint density at radius 2 is 2.00 bits per heavy atom. The maximum absolute atomic E-state index is 12.3. The monoisotopic (exact) mass is 227 g/mol. The van der Waals surface area contributed by atoms with E-state index in [2.05, 4.69) is 9.72 Å². The van der Waals surface area contributed by atoms with Crippen LogP contribution in [-0.4, -0.2) is 20.0 Å². The van der Waals surface area contributed by atoms with Gasteiger partial charge in [0.2, 0.25) is 5.88 Å². The molecule has 0 aliphatic carbocycles. The van der Waals surface area contributed by atoms with E-state index in [1.165, 1.54) is 0 Å². The fourth-order valence-corrected chi connectivity index (χ4v) is 1.13. The Morgan fingerprint density at radius 3 is 2.50 bits per heavy atom. The zero-order valence-electron chi connectivity index (χ0n) is 6.52. The lowest BCUT2D eigenvalue weighted by molar-refractivity contribution is -0.0532. The third kappa shape index (κ3) is 2.87. The average Bonchev–Trinajstić information content (AvgIpc) is 2.01. The first-order valence-electron chi connectivity index (χ1n) is 3.26. The highest BCUT2D eigenvalue weighted by Crippen LogP contribution is 2.15. The lowest BCUT2D eigenvalue weighted by Crippen LogP contribution is -2.05. The third-order valence-electron chi connectivity index (χ3n) is 1.16. The van der Waals surface area contributed by atoms with Crippen molar-refractivity contribution < 1.29 is 25.8 Å². The van der Waals surface area contributed by atoms with E-state index in [0.717, 1.165) is 18.2 Å². The molecule has 0 bridgehead atoms. The van der Waals surface area contributed by atoms with E-state index in [9.17, 15) is 21.1 Å². The molecule has 0 atom stereocenters. The Hall–Kier alpha value is -1.31. The van der Waals surface area contributed by atoms with Crippen LogP contribution in [0.3, 0.4) is 0 Å². The molecule has 4 nitrogen and oxygen atoms in total. The van der Waals surface area contributed by atoms with Gasteiger partial charge < -0.3 is 4.74 Å². The minimum atomic E-state index is -5.00. The third-order valence-corrected chi connectivity index (χ3v) is 1.88. The molecule has 1 aromatic heterocycles. The number of nitrogens with zero attached hydrogens (tertiary/aromatic N) is 1. The van der Waals surface area contributed by atoms with E-state index in [-0.39, 0.29) is 0 Å². The summed E-state index contributed by atoms with van der Waals surface area (Å²) in [4.78, 5) is 3.02. The lowest BCUT2D eigenvalue weighted by atomic mass is 10.5. The molecule has 1 aromatic rings. The van der Waals surface area contributed by atoms with E-state index in [0.29, 0.717) is 0 Å². The molecular weight excluding hydrogens is 223 g/mol. The second-order valence-corrected chi connectivity index (χ2v) is 3.42. The Balaban J connectivity index is 3.02. The average molecular weight is 227 g/mol. The molecule has 0 aliphatic heterocycles. The van der Waals surface area contributed by atoms with Crippen molar-refractivity contribution in [2.45, 2.75) is 11.6 Å². The van der Waals surface area contributed by atoms with Gasteiger partial charge in [0.05, 0.1) is 0 Å². The van der Waals surface area contributed by atoms with E-state index in [1.807, 2.05) is 0 Å². The van der Waals surface area contributed by atoms with Crippen LogP contribution in [0, 0.1) is 0 Å². The van der Waals surface area contributed by atoms with Gasteiger partial charge in [0.1, 0.15) is 0 Å². The zero-order chi connectivity index (χ0) is 10.8. The summed E-state index contributed by atoms with van der Waals surface area (Å²) in [6, 6.07) is 2.85. The van der Waals surface area contributed by atoms with Gasteiger partial charge in [-0.05, 0) is 6.07 Å². The maximum atomic E-state index is 12.3. The second-order valence-electron chi connectivity index (χ2n) is 2.13. The molecule has 0 spiro atoms. The molecule has 0 aliphatic rings. The Labute approximate surface area is 77.5 Å². The van der Waals surface area contributed by atoms with Crippen molar-refractivity contribution in [3.8, 4) is 5.88 Å². The van der Waals surface area contributed by atoms with Crippen LogP contribution in [0.4, 0.5) is 12.7 Å². The van der Waals surface area contributed by atoms with Gasteiger partial charge in [-0.2, -0.15) is 22.2 Å². The van der Waals surface area contributed by atoms with Crippen LogP contribution < -0.4 is 4.74 Å². The number of pyridine rings is 1. The molecule has 1 rings (SSSR count). The van der Waals surface area contributed by atoms with Crippen LogP contribution in [-0.2, 0) is 10.2 Å². The number of aromatic nitrogens is 1. The van der Waals surface area contributed by atoms with Gasteiger partial charge in [-0.25, -0.2) is 0 Å². The van der Waals surface area contributed by atoms with Gasteiger partial charge in [0.25, 0.3) is 0 Å². The first-order valence-corrected chi connectivity index (χ1v) is 4.64. The fraction of sp³-hybridized carbons (Fsp3) is 0.167. The molecule has 1 heterocycles. The van der Waals surface area contributed by atoms with E-state index >= 15 is 0 Å². The highest BCUT2D eigenvalue weighted by molar-refractivity contribution is 7.86. The highest BCUT2D eigenvalue weighted by Gasteiger charge is 2.15. The Bertz CT molecular complexity index is 420. The van der Waals surface area contributed by atoms with Gasteiger partial charge in [-0.1, -0.05) is 9.95 Å². The molecule has 14 heavy (non-hydrogen) atoms. The second kappa shape index (κ2) is 3.82. The molecule has 8 heteroatoms. The van der Waals surface area contributed by atoms with Crippen LogP contribution in [0.1, 0.15) is 0 Å². The molecule has 0 fully saturated rings. The first kappa shape index (κ1) is 10.8. The largest absolute Gasteiger partial charge is 0.417 e. The van der Waals surface area contributed by atoms with Crippen molar-refractivity contribution in [2.75, 3.05) is 0 Å². The summed E-state index contributed by atoms with van der Waals surface area (Å²) in [6.45, 7) is -3.14. The number of hydrogen-bond acceptors (Lipinski definition) is 4. The summed E-state index contributed by atoms with van der Waals surface area (Å²) in [6.07, 6.45) is 0. The number of rotatable bonds is 3. The molecule has 0 amide bonds. The number of halogens is 3. The SMILES string of the molecule is O=S(=O)(F)c1cccc(OC(F)F)n1. The van der Waals surface area contributed by atoms with Gasteiger partial charge in [-0.3, -0.25) is 0 Å². The van der Waals surface area contributed by atoms with Gasteiger partial charge in [0.15, 0.2) is 5.03 Å². The van der Waals surface area contributed by atoms with Crippen molar-refractivity contribution in [3.63, 3.8) is 0 Å². The normalized spacial score (nSPS) is 11.7. The lowest BCUT2D eigenvalue weighted by Gasteiger charge is -2.02. The predicted octanol–water partition coefficient (Wildman–Crippen LogP) is 1.34. The van der Waals surface area contributed by atoms with Crippen molar-refractivity contribution in [2.24, 2.45) is 0 Å². The van der Waals surface area contributed by atoms with Crippen molar-refractivity contribution in [1.82, 2.24) is 4.98 Å². The summed E-state index contributed by atoms with van der Waals surface area (Å²) < 4.78 is 60.0. The summed E-state index contributed by atoms with van der Waals surface area (Å²) in [7, 11) is -5.00. The number of hydrogen-bond donors (Lipinski definition) is 0. The van der Waals surface area contributed by atoms with Crippen LogP contribution >= 0.6 is 0 Å². The van der Waals surface area contributed by atoms with E-state index in [4.69, 9.17) is 0 Å². The number of ether oxygens (including phenoxy) is 1. The summed E-state index contributed by atoms with van der Waals surface area (Å²) >= 11 is 0. The smallest absolute Gasteiger partial charge is 0.388 e. The Morgan fingerprint density at radius 1 is 1.36 bits per heavy atom. The molecule has 78 valence electrons. The van der Waals surface area contributed by atoms with Crippen molar-refractivity contribution in [1.29, 1.82) is 0 Å². The zero-order valence-corrected chi connectivity index (χ0v) is 7.34. The maximum Gasteiger partial charge on any atom is 0.388 e. The van der Waals surface area contributed by atoms with E-state index in [1.54, 1.807) is 0 Å². The van der Waals surface area contributed by atoms with Crippen LogP contribution in [0.25, 0.3) is 0 Å². The minimum Gasteiger partial charge on any atom is -0.417 e. The molecule has 0 saturated carbocycles. The molecule has 0 N–H and O–H groups in total. The highest BCUT2D eigenvalue weighted by atomic mass is 32.3. The van der Waals surface area contributed by atoms with Crippen LogP contribution in [0.5, 0.6) is 5.88 Å². The van der Waals surface area contributed by atoms with E-state index < -0.39 is 27.7 Å². The number of alkyl halides is 2. The molecule has 0 unspecified atom stereocenters. The quantitative estimate of drug-likeness (QED) is 0.731. The fourth-order valence-electron chi connectivity index (χ4n) is 0.689. The van der Waals surface area contributed by atoms with Crippen LogP contribution in [0.2, 0.25) is 0 Å². The Kier molecular flexibility index (Phi) is 2.94. The molecule has 0 aromatic carbocycles. The van der Waals surface area contributed by atoms with Crippen LogP contribution in [0.15, 0.2) is 23.2 Å². The van der Waals surface area contributed by atoms with Gasteiger partial charge in [0, 0.05) is 6.07 Å². The minimum absolute atomic E-state index is 0.654. The van der Waals surface area contributed by atoms with Crippen molar-refractivity contribution >= 4 is 10.2 Å². The summed E-state index contributed by atoms with van der Waals surface area (Å²) in [5.41, 5.74) is 0. The molecular formula is C6H4F3NO3S. The molecule has 0 radical (unpaired) electrons. The topological polar surface area (TPSA) is 56.3 Å².